The number of methoxy groups -OCH3 is 1. The van der Waals surface area contributed by atoms with Crippen LogP contribution >= 0.6 is 0 Å². The maximum absolute atomic E-state index is 10.1. The zero-order chi connectivity index (χ0) is 11.1. The van der Waals surface area contributed by atoms with E-state index in [1.165, 1.54) is 11.6 Å². The fourth-order valence-electron chi connectivity index (χ4n) is 1.41. The van der Waals surface area contributed by atoms with Crippen LogP contribution < -0.4 is 0 Å². The van der Waals surface area contributed by atoms with Gasteiger partial charge in [-0.25, -0.2) is 0 Å². The van der Waals surface area contributed by atoms with Gasteiger partial charge in [0, 0.05) is 7.11 Å². The van der Waals surface area contributed by atoms with Gasteiger partial charge >= 0.3 is 0 Å². The van der Waals surface area contributed by atoms with E-state index < -0.39 is 0 Å². The Labute approximate surface area is 90.6 Å². The lowest BCUT2D eigenvalue weighted by Gasteiger charge is -2.13. The first-order valence-electron chi connectivity index (χ1n) is 4.97. The zero-order valence-electron chi connectivity index (χ0n) is 9.14. The molecular weight excluding hydrogens is 188 g/mol. The van der Waals surface area contributed by atoms with Gasteiger partial charge < -0.3 is 4.74 Å². The van der Waals surface area contributed by atoms with Crippen molar-refractivity contribution in [3.63, 3.8) is 0 Å². The van der Waals surface area contributed by atoms with Gasteiger partial charge in [0.25, 0.3) is 0 Å². The number of aryl methyl sites for hydroxylation is 1. The highest BCUT2D eigenvalue weighted by atomic mass is 16.5. The van der Waals surface area contributed by atoms with E-state index in [9.17, 15) is 4.79 Å². The molecule has 0 aliphatic carbocycles. The maximum atomic E-state index is 10.1. The molecule has 0 heterocycles. The SMILES string of the molecule is COC(C/C=C/C=O)c1ccc(C)cc1. The van der Waals surface area contributed by atoms with Crippen LogP contribution in [0.2, 0.25) is 0 Å². The monoisotopic (exact) mass is 204 g/mol. The molecule has 2 heteroatoms. The number of ether oxygens (including phenoxy) is 1. The van der Waals surface area contributed by atoms with E-state index in [1.807, 2.05) is 6.08 Å². The molecule has 1 rings (SSSR count). The molecule has 0 aliphatic heterocycles. The second-order valence-electron chi connectivity index (χ2n) is 3.43. The Morgan fingerprint density at radius 3 is 2.53 bits per heavy atom. The van der Waals surface area contributed by atoms with Crippen molar-refractivity contribution in [1.29, 1.82) is 0 Å². The van der Waals surface area contributed by atoms with E-state index >= 15 is 0 Å². The molecule has 0 saturated carbocycles. The van der Waals surface area contributed by atoms with Crippen molar-refractivity contribution in [3.8, 4) is 0 Å². The molecule has 2 nitrogen and oxygen atoms in total. The molecule has 0 amide bonds. The Balaban J connectivity index is 2.69. The molecular formula is C13H16O2. The lowest BCUT2D eigenvalue weighted by molar-refractivity contribution is -0.104. The lowest BCUT2D eigenvalue weighted by atomic mass is 10.0. The highest BCUT2D eigenvalue weighted by Crippen LogP contribution is 2.20. The summed E-state index contributed by atoms with van der Waals surface area (Å²) in [6.07, 6.45) is 4.85. The van der Waals surface area contributed by atoms with Crippen molar-refractivity contribution < 1.29 is 9.53 Å². The summed E-state index contributed by atoms with van der Waals surface area (Å²) in [6, 6.07) is 8.23. The molecule has 1 unspecified atom stereocenters. The number of allylic oxidation sites excluding steroid dienone is 1. The van der Waals surface area contributed by atoms with Gasteiger partial charge in [-0.3, -0.25) is 4.79 Å². The number of rotatable bonds is 5. The minimum Gasteiger partial charge on any atom is -0.376 e. The van der Waals surface area contributed by atoms with Gasteiger partial charge in [0.2, 0.25) is 0 Å². The van der Waals surface area contributed by atoms with Crippen molar-refractivity contribution in [2.75, 3.05) is 7.11 Å². The Morgan fingerprint density at radius 1 is 1.33 bits per heavy atom. The second-order valence-corrected chi connectivity index (χ2v) is 3.43. The van der Waals surface area contributed by atoms with E-state index in [1.54, 1.807) is 7.11 Å². The largest absolute Gasteiger partial charge is 0.376 e. The minimum absolute atomic E-state index is 0.0294. The predicted octanol–water partition coefficient (Wildman–Crippen LogP) is 2.83. The fraction of sp³-hybridized carbons (Fsp3) is 0.308. The fourth-order valence-corrected chi connectivity index (χ4v) is 1.41. The summed E-state index contributed by atoms with van der Waals surface area (Å²) in [5.74, 6) is 0. The third kappa shape index (κ3) is 3.68. The molecule has 1 aromatic rings. The molecule has 0 bridgehead atoms. The number of carbonyl (C=O) groups is 1. The average molecular weight is 204 g/mol. The second kappa shape index (κ2) is 6.14. The first-order valence-corrected chi connectivity index (χ1v) is 4.97. The molecule has 15 heavy (non-hydrogen) atoms. The van der Waals surface area contributed by atoms with E-state index in [0.29, 0.717) is 0 Å². The number of hydrogen-bond acceptors (Lipinski definition) is 2. The first-order chi connectivity index (χ1) is 7.27. The van der Waals surface area contributed by atoms with E-state index in [0.717, 1.165) is 18.3 Å². The summed E-state index contributed by atoms with van der Waals surface area (Å²) in [5, 5.41) is 0. The zero-order valence-corrected chi connectivity index (χ0v) is 9.14. The number of carbonyl (C=O) groups excluding carboxylic acids is 1. The Bertz CT molecular complexity index is 325. The number of aldehydes is 1. The molecule has 0 aromatic heterocycles. The van der Waals surface area contributed by atoms with Crippen molar-refractivity contribution in [3.05, 3.63) is 47.5 Å². The molecule has 0 fully saturated rings. The maximum Gasteiger partial charge on any atom is 0.142 e. The summed E-state index contributed by atoms with van der Waals surface area (Å²) >= 11 is 0. The average Bonchev–Trinajstić information content (AvgIpc) is 2.26. The molecule has 80 valence electrons. The van der Waals surface area contributed by atoms with Crippen LogP contribution in [0.15, 0.2) is 36.4 Å². The number of hydrogen-bond donors (Lipinski definition) is 0. The van der Waals surface area contributed by atoms with Gasteiger partial charge in [-0.05, 0) is 25.0 Å². The van der Waals surface area contributed by atoms with Crippen LogP contribution in [0.4, 0.5) is 0 Å². The Kier molecular flexibility index (Phi) is 4.78. The highest BCUT2D eigenvalue weighted by molar-refractivity contribution is 5.64. The third-order valence-electron chi connectivity index (χ3n) is 2.30. The molecule has 0 aliphatic rings. The van der Waals surface area contributed by atoms with Gasteiger partial charge in [0.05, 0.1) is 6.10 Å². The van der Waals surface area contributed by atoms with Crippen molar-refractivity contribution in [2.45, 2.75) is 19.4 Å². The quantitative estimate of drug-likeness (QED) is 0.544. The van der Waals surface area contributed by atoms with Gasteiger partial charge in [0.1, 0.15) is 6.29 Å². The summed E-state index contributed by atoms with van der Waals surface area (Å²) in [5.41, 5.74) is 2.37. The van der Waals surface area contributed by atoms with Crippen molar-refractivity contribution in [2.24, 2.45) is 0 Å². The minimum atomic E-state index is 0.0294. The van der Waals surface area contributed by atoms with E-state index in [-0.39, 0.29) is 6.10 Å². The first kappa shape index (κ1) is 11.7. The van der Waals surface area contributed by atoms with Gasteiger partial charge in [-0.2, -0.15) is 0 Å². The van der Waals surface area contributed by atoms with Crippen molar-refractivity contribution >= 4 is 6.29 Å². The van der Waals surface area contributed by atoms with Crippen LogP contribution in [-0.2, 0) is 9.53 Å². The van der Waals surface area contributed by atoms with E-state index in [2.05, 4.69) is 31.2 Å². The van der Waals surface area contributed by atoms with Crippen LogP contribution in [0.5, 0.6) is 0 Å². The van der Waals surface area contributed by atoms with Crippen LogP contribution in [-0.4, -0.2) is 13.4 Å². The third-order valence-corrected chi connectivity index (χ3v) is 2.30. The standard InChI is InChI=1S/C13H16O2/c1-11-6-8-12(9-7-11)13(15-2)5-3-4-10-14/h3-4,6-10,13H,5H2,1-2H3/b4-3+. The van der Waals surface area contributed by atoms with E-state index in [4.69, 9.17) is 4.74 Å². The van der Waals surface area contributed by atoms with Crippen LogP contribution in [0, 0.1) is 6.92 Å². The molecule has 1 aromatic carbocycles. The summed E-state index contributed by atoms with van der Waals surface area (Å²) in [4.78, 5) is 10.1. The topological polar surface area (TPSA) is 26.3 Å². The predicted molar refractivity (Wildman–Crippen MR) is 60.8 cm³/mol. The van der Waals surface area contributed by atoms with Crippen LogP contribution in [0.25, 0.3) is 0 Å². The lowest BCUT2D eigenvalue weighted by Crippen LogP contribution is -1.99. The summed E-state index contributed by atoms with van der Waals surface area (Å²) < 4.78 is 5.36. The highest BCUT2D eigenvalue weighted by Gasteiger charge is 2.07. The van der Waals surface area contributed by atoms with Crippen LogP contribution in [0.3, 0.4) is 0 Å². The van der Waals surface area contributed by atoms with Crippen molar-refractivity contribution in [1.82, 2.24) is 0 Å². The molecule has 0 N–H and O–H groups in total. The molecule has 1 atom stereocenters. The summed E-state index contributed by atoms with van der Waals surface area (Å²) in [7, 11) is 1.68. The molecule has 0 saturated heterocycles. The van der Waals surface area contributed by atoms with Gasteiger partial charge in [-0.1, -0.05) is 35.9 Å². The van der Waals surface area contributed by atoms with Gasteiger partial charge in [-0.15, -0.1) is 0 Å². The normalized spacial score (nSPS) is 12.9. The Hall–Kier alpha value is -1.41. The van der Waals surface area contributed by atoms with Gasteiger partial charge in [0.15, 0.2) is 0 Å². The Morgan fingerprint density at radius 2 is 2.00 bits per heavy atom. The summed E-state index contributed by atoms with van der Waals surface area (Å²) in [6.45, 7) is 2.05. The smallest absolute Gasteiger partial charge is 0.142 e. The van der Waals surface area contributed by atoms with Crippen LogP contribution in [0.1, 0.15) is 23.7 Å². The molecule has 0 spiro atoms. The number of benzene rings is 1. The molecule has 0 radical (unpaired) electrons.